The maximum atomic E-state index is 13.3. The van der Waals surface area contributed by atoms with Crippen LogP contribution in [0.25, 0.3) is 0 Å². The number of non-ortho nitro benzene ring substituents is 1. The highest BCUT2D eigenvalue weighted by Crippen LogP contribution is 2.32. The molecule has 0 saturated heterocycles. The largest absolute Gasteiger partial charge is 0.322 e. The second kappa shape index (κ2) is 5.98. The lowest BCUT2D eigenvalue weighted by atomic mass is 10.2. The van der Waals surface area contributed by atoms with E-state index in [1.165, 1.54) is 11.3 Å². The maximum absolute atomic E-state index is 13.3. The Morgan fingerprint density at radius 3 is 2.55 bits per heavy atom. The first-order valence-electron chi connectivity index (χ1n) is 5.08. The van der Waals surface area contributed by atoms with Crippen molar-refractivity contribution < 1.29 is 14.1 Å². The van der Waals surface area contributed by atoms with Gasteiger partial charge in [0.1, 0.15) is 5.82 Å². The van der Waals surface area contributed by atoms with E-state index in [2.05, 4.69) is 37.2 Å². The lowest BCUT2D eigenvalue weighted by Crippen LogP contribution is -2.11. The molecule has 1 amide bonds. The number of amides is 1. The van der Waals surface area contributed by atoms with E-state index in [1.54, 1.807) is 6.07 Å². The number of nitrogens with one attached hydrogen (secondary N) is 1. The molecule has 1 heterocycles. The predicted molar refractivity (Wildman–Crippen MR) is 80.7 cm³/mol. The van der Waals surface area contributed by atoms with E-state index in [-0.39, 0.29) is 5.69 Å². The van der Waals surface area contributed by atoms with Gasteiger partial charge >= 0.3 is 0 Å². The predicted octanol–water partition coefficient (Wildman–Crippen LogP) is 4.57. The van der Waals surface area contributed by atoms with E-state index in [9.17, 15) is 19.3 Å². The topological polar surface area (TPSA) is 72.2 Å². The average molecular weight is 424 g/mol. The number of nitrogens with zero attached hydrogens (tertiary/aromatic N) is 1. The first-order valence-corrected chi connectivity index (χ1v) is 7.48. The SMILES string of the molecule is O=C(Nc1cc(F)cc([N+](=O)[O-])c1)c1cc(Br)sc1Br. The van der Waals surface area contributed by atoms with Crippen molar-refractivity contribution in [1.29, 1.82) is 0 Å². The van der Waals surface area contributed by atoms with E-state index in [0.717, 1.165) is 22.0 Å². The Kier molecular flexibility index (Phi) is 4.51. The standard InChI is InChI=1S/C11H5Br2FN2O3S/c12-9-4-8(10(13)20-9)11(17)15-6-1-5(14)2-7(3-6)16(18)19/h1-4H,(H,15,17). The number of nitro benzene ring substituents is 1. The molecule has 104 valence electrons. The highest BCUT2D eigenvalue weighted by Gasteiger charge is 2.16. The van der Waals surface area contributed by atoms with Crippen LogP contribution in [0.4, 0.5) is 15.8 Å². The summed E-state index contributed by atoms with van der Waals surface area (Å²) in [6.45, 7) is 0. The number of halogens is 3. The molecule has 1 N–H and O–H groups in total. The third kappa shape index (κ3) is 3.41. The number of thiophene rings is 1. The summed E-state index contributed by atoms with van der Waals surface area (Å²) < 4.78 is 14.6. The molecule has 20 heavy (non-hydrogen) atoms. The van der Waals surface area contributed by atoms with E-state index in [4.69, 9.17) is 0 Å². The Morgan fingerprint density at radius 1 is 1.30 bits per heavy atom. The molecule has 0 aliphatic heterocycles. The number of carbonyl (C=O) groups excluding carboxylic acids is 1. The van der Waals surface area contributed by atoms with Gasteiger partial charge in [0.15, 0.2) is 0 Å². The van der Waals surface area contributed by atoms with Crippen LogP contribution < -0.4 is 5.32 Å². The van der Waals surface area contributed by atoms with Gasteiger partial charge in [0.05, 0.1) is 29.8 Å². The highest BCUT2D eigenvalue weighted by atomic mass is 79.9. The average Bonchev–Trinajstić information content (AvgIpc) is 2.67. The zero-order valence-corrected chi connectivity index (χ0v) is 13.5. The Balaban J connectivity index is 2.28. The summed E-state index contributed by atoms with van der Waals surface area (Å²) in [5.41, 5.74) is -0.0458. The quantitative estimate of drug-likeness (QED) is 0.580. The first kappa shape index (κ1) is 15.1. The summed E-state index contributed by atoms with van der Waals surface area (Å²) in [4.78, 5) is 21.9. The minimum atomic E-state index is -0.792. The van der Waals surface area contributed by atoms with E-state index in [1.807, 2.05) is 0 Å². The Morgan fingerprint density at radius 2 is 2.00 bits per heavy atom. The summed E-state index contributed by atoms with van der Waals surface area (Å²) >= 11 is 7.78. The van der Waals surface area contributed by atoms with Gasteiger partial charge in [-0.1, -0.05) is 0 Å². The molecular weight excluding hydrogens is 419 g/mol. The smallest absolute Gasteiger partial charge is 0.274 e. The van der Waals surface area contributed by atoms with Crippen LogP contribution >= 0.6 is 43.2 Å². The molecule has 0 atom stereocenters. The van der Waals surface area contributed by atoms with Crippen molar-refractivity contribution in [2.75, 3.05) is 5.32 Å². The minimum Gasteiger partial charge on any atom is -0.322 e. The third-order valence-corrected chi connectivity index (χ3v) is 4.59. The molecule has 5 nitrogen and oxygen atoms in total. The second-order valence-corrected chi connectivity index (χ2v) is 7.40. The Hall–Kier alpha value is -1.32. The van der Waals surface area contributed by atoms with Gasteiger partial charge in [-0.3, -0.25) is 14.9 Å². The molecule has 1 aromatic heterocycles. The number of hydrogen-bond acceptors (Lipinski definition) is 4. The number of benzene rings is 1. The molecule has 9 heteroatoms. The molecule has 1 aromatic carbocycles. The van der Waals surface area contributed by atoms with Crippen molar-refractivity contribution in [1.82, 2.24) is 0 Å². The fourth-order valence-corrected chi connectivity index (χ4v) is 4.24. The molecular formula is C11H5Br2FN2O3S. The number of carbonyl (C=O) groups is 1. The summed E-state index contributed by atoms with van der Waals surface area (Å²) in [6, 6.07) is 4.49. The molecule has 0 fully saturated rings. The number of hydrogen-bond donors (Lipinski definition) is 1. The van der Waals surface area contributed by atoms with E-state index < -0.39 is 22.3 Å². The lowest BCUT2D eigenvalue weighted by Gasteiger charge is -2.04. The number of anilines is 1. The van der Waals surface area contributed by atoms with Crippen molar-refractivity contribution in [3.63, 3.8) is 0 Å². The van der Waals surface area contributed by atoms with Crippen LogP contribution in [0.5, 0.6) is 0 Å². The second-order valence-electron chi connectivity index (χ2n) is 3.65. The monoisotopic (exact) mass is 422 g/mol. The molecule has 0 unspecified atom stereocenters. The lowest BCUT2D eigenvalue weighted by molar-refractivity contribution is -0.385. The van der Waals surface area contributed by atoms with Gasteiger partial charge < -0.3 is 5.32 Å². The third-order valence-electron chi connectivity index (χ3n) is 2.25. The Labute approximate surface area is 133 Å². The molecule has 0 aliphatic rings. The number of nitro groups is 1. The van der Waals surface area contributed by atoms with Crippen LogP contribution in [0.1, 0.15) is 10.4 Å². The van der Waals surface area contributed by atoms with Crippen molar-refractivity contribution in [3.8, 4) is 0 Å². The molecule has 0 spiro atoms. The van der Waals surface area contributed by atoms with Gasteiger partial charge in [-0.25, -0.2) is 4.39 Å². The minimum absolute atomic E-state index is 0.0240. The van der Waals surface area contributed by atoms with Crippen molar-refractivity contribution >= 4 is 60.5 Å². The molecule has 2 aromatic rings. The zero-order chi connectivity index (χ0) is 14.9. The van der Waals surface area contributed by atoms with Gasteiger partial charge in [-0.05, 0) is 44.0 Å². The molecule has 2 rings (SSSR count). The van der Waals surface area contributed by atoms with Gasteiger partial charge in [0, 0.05) is 6.07 Å². The van der Waals surface area contributed by atoms with Gasteiger partial charge in [-0.2, -0.15) is 0 Å². The first-order chi connectivity index (χ1) is 9.36. The molecule has 0 radical (unpaired) electrons. The van der Waals surface area contributed by atoms with Gasteiger partial charge in [0.25, 0.3) is 11.6 Å². The highest BCUT2D eigenvalue weighted by molar-refractivity contribution is 9.12. The normalized spacial score (nSPS) is 10.3. The van der Waals surface area contributed by atoms with Crippen LogP contribution in [0.2, 0.25) is 0 Å². The van der Waals surface area contributed by atoms with Crippen LogP contribution in [-0.2, 0) is 0 Å². The maximum Gasteiger partial charge on any atom is 0.274 e. The Bertz CT molecular complexity index is 705. The van der Waals surface area contributed by atoms with Crippen LogP contribution in [0.3, 0.4) is 0 Å². The van der Waals surface area contributed by atoms with E-state index in [0.29, 0.717) is 9.35 Å². The summed E-state index contributed by atoms with van der Waals surface area (Å²) in [5.74, 6) is -1.28. The van der Waals surface area contributed by atoms with Crippen molar-refractivity contribution in [2.24, 2.45) is 0 Å². The summed E-state index contributed by atoms with van der Waals surface area (Å²) in [7, 11) is 0. The molecule has 0 saturated carbocycles. The van der Waals surface area contributed by atoms with Crippen LogP contribution in [0, 0.1) is 15.9 Å². The summed E-state index contributed by atoms with van der Waals surface area (Å²) in [6.07, 6.45) is 0. The van der Waals surface area contributed by atoms with Crippen LogP contribution in [0.15, 0.2) is 31.8 Å². The summed E-state index contributed by atoms with van der Waals surface area (Å²) in [5, 5.41) is 13.1. The fraction of sp³-hybridized carbons (Fsp3) is 0. The zero-order valence-electron chi connectivity index (χ0n) is 9.52. The van der Waals surface area contributed by atoms with E-state index >= 15 is 0 Å². The number of rotatable bonds is 3. The van der Waals surface area contributed by atoms with Gasteiger partial charge in [0.2, 0.25) is 0 Å². The van der Waals surface area contributed by atoms with Crippen LogP contribution in [-0.4, -0.2) is 10.8 Å². The van der Waals surface area contributed by atoms with Gasteiger partial charge in [-0.15, -0.1) is 11.3 Å². The van der Waals surface area contributed by atoms with Crippen molar-refractivity contribution in [2.45, 2.75) is 0 Å². The molecule has 0 aliphatic carbocycles. The van der Waals surface area contributed by atoms with Crippen molar-refractivity contribution in [3.05, 3.63) is 53.3 Å². The molecule has 0 bridgehead atoms. The fourth-order valence-electron chi connectivity index (χ4n) is 1.45.